The van der Waals surface area contributed by atoms with Crippen LogP contribution < -0.4 is 0 Å². The molecule has 1 saturated heterocycles. The van der Waals surface area contributed by atoms with Crippen LogP contribution in [0.25, 0.3) is 0 Å². The van der Waals surface area contributed by atoms with Gasteiger partial charge in [0.05, 0.1) is 6.54 Å². The van der Waals surface area contributed by atoms with Gasteiger partial charge < -0.3 is 4.90 Å². The standard InChI is InChI=1S/C28H35N3O2/c1-29(2)27(24-14-7-4-8-15-24)16-18-28(19-17-27)25(32)30(20-22-10-5-3-6-11-22)26(33)31(28)21-23-12-9-13-23/h3-8,10-11,14-15,23H,9,12-13,16-21H2,1-2H3/t27-,28+. The van der Waals surface area contributed by atoms with Gasteiger partial charge in [0, 0.05) is 12.1 Å². The van der Waals surface area contributed by atoms with E-state index in [1.807, 2.05) is 35.2 Å². The highest BCUT2D eigenvalue weighted by molar-refractivity contribution is 6.07. The van der Waals surface area contributed by atoms with E-state index in [0.717, 1.165) is 24.9 Å². The first-order valence-electron chi connectivity index (χ1n) is 12.4. The summed E-state index contributed by atoms with van der Waals surface area (Å²) in [5.74, 6) is 0.543. The highest BCUT2D eigenvalue weighted by Crippen LogP contribution is 2.50. The van der Waals surface area contributed by atoms with E-state index in [4.69, 9.17) is 0 Å². The van der Waals surface area contributed by atoms with Crippen LogP contribution in [0, 0.1) is 5.92 Å². The molecule has 0 radical (unpaired) electrons. The Bertz CT molecular complexity index is 992. The topological polar surface area (TPSA) is 43.9 Å². The van der Waals surface area contributed by atoms with Crippen LogP contribution in [0.5, 0.6) is 0 Å². The number of carbonyl (C=O) groups excluding carboxylic acids is 2. The van der Waals surface area contributed by atoms with Crippen molar-refractivity contribution in [2.45, 2.75) is 62.6 Å². The summed E-state index contributed by atoms with van der Waals surface area (Å²) in [6.45, 7) is 1.08. The molecule has 0 aromatic heterocycles. The molecule has 5 nitrogen and oxygen atoms in total. The van der Waals surface area contributed by atoms with Crippen LogP contribution in [0.1, 0.15) is 56.1 Å². The zero-order valence-electron chi connectivity index (χ0n) is 19.9. The second kappa shape index (κ2) is 8.60. The van der Waals surface area contributed by atoms with Crippen molar-refractivity contribution in [2.75, 3.05) is 20.6 Å². The molecular formula is C28H35N3O2. The average molecular weight is 446 g/mol. The predicted molar refractivity (Wildman–Crippen MR) is 129 cm³/mol. The molecule has 0 atom stereocenters. The minimum absolute atomic E-state index is 0.0103. The quantitative estimate of drug-likeness (QED) is 0.587. The van der Waals surface area contributed by atoms with E-state index in [1.165, 1.54) is 29.7 Å². The third kappa shape index (κ3) is 3.67. The molecule has 3 fully saturated rings. The minimum atomic E-state index is -0.699. The highest BCUT2D eigenvalue weighted by atomic mass is 16.2. The Morgan fingerprint density at radius 3 is 2.03 bits per heavy atom. The van der Waals surface area contributed by atoms with Crippen molar-refractivity contribution in [1.29, 1.82) is 0 Å². The summed E-state index contributed by atoms with van der Waals surface area (Å²) in [4.78, 5) is 33.4. The number of nitrogens with zero attached hydrogens (tertiary/aromatic N) is 3. The number of benzene rings is 2. The highest BCUT2D eigenvalue weighted by Gasteiger charge is 2.60. The van der Waals surface area contributed by atoms with Crippen molar-refractivity contribution in [2.24, 2.45) is 5.92 Å². The molecule has 2 aromatic rings. The van der Waals surface area contributed by atoms with Crippen LogP contribution in [-0.4, -0.2) is 52.8 Å². The molecule has 1 heterocycles. The summed E-state index contributed by atoms with van der Waals surface area (Å²) >= 11 is 0. The van der Waals surface area contributed by atoms with Crippen LogP contribution in [0.4, 0.5) is 4.79 Å². The summed E-state index contributed by atoms with van der Waals surface area (Å²) in [6.07, 6.45) is 6.72. The molecule has 0 bridgehead atoms. The fourth-order valence-corrected chi connectivity index (χ4v) is 6.18. The molecule has 5 heteroatoms. The molecular weight excluding hydrogens is 410 g/mol. The summed E-state index contributed by atoms with van der Waals surface area (Å²) in [5.41, 5.74) is 1.50. The Morgan fingerprint density at radius 1 is 0.879 bits per heavy atom. The maximum absolute atomic E-state index is 14.0. The first kappa shape index (κ1) is 22.1. The lowest BCUT2D eigenvalue weighted by molar-refractivity contribution is -0.137. The molecule has 174 valence electrons. The Labute approximate surface area is 197 Å². The van der Waals surface area contributed by atoms with E-state index in [2.05, 4.69) is 49.3 Å². The maximum Gasteiger partial charge on any atom is 0.327 e. The number of rotatable bonds is 6. The molecule has 0 unspecified atom stereocenters. The molecule has 2 aliphatic carbocycles. The molecule has 3 amide bonds. The van der Waals surface area contributed by atoms with E-state index < -0.39 is 5.54 Å². The first-order chi connectivity index (χ1) is 16.0. The number of urea groups is 1. The summed E-state index contributed by atoms with van der Waals surface area (Å²) in [6, 6.07) is 20.4. The van der Waals surface area contributed by atoms with Crippen molar-refractivity contribution in [3.63, 3.8) is 0 Å². The monoisotopic (exact) mass is 445 g/mol. The van der Waals surface area contributed by atoms with Gasteiger partial charge in [0.2, 0.25) is 0 Å². The van der Waals surface area contributed by atoms with E-state index in [1.54, 1.807) is 0 Å². The number of amides is 3. The molecule has 2 aromatic carbocycles. The summed E-state index contributed by atoms with van der Waals surface area (Å²) < 4.78 is 0. The molecule has 5 rings (SSSR count). The van der Waals surface area contributed by atoms with Gasteiger partial charge in [0.1, 0.15) is 5.54 Å². The van der Waals surface area contributed by atoms with Crippen molar-refractivity contribution < 1.29 is 9.59 Å². The van der Waals surface area contributed by atoms with Gasteiger partial charge in [-0.15, -0.1) is 0 Å². The SMILES string of the molecule is CN(C)[C@]1(c2ccccc2)CC[C@]2(CC1)C(=O)N(Cc1ccccc1)C(=O)N2CC1CCC1. The normalized spacial score (nSPS) is 28.1. The minimum Gasteiger partial charge on any atom is -0.309 e. The lowest BCUT2D eigenvalue weighted by atomic mass is 9.67. The van der Waals surface area contributed by atoms with E-state index in [9.17, 15) is 9.59 Å². The first-order valence-corrected chi connectivity index (χ1v) is 12.4. The van der Waals surface area contributed by atoms with Gasteiger partial charge in [-0.1, -0.05) is 67.1 Å². The largest absolute Gasteiger partial charge is 0.327 e. The Hall–Kier alpha value is -2.66. The average Bonchev–Trinajstić information content (AvgIpc) is 2.99. The van der Waals surface area contributed by atoms with Gasteiger partial charge >= 0.3 is 6.03 Å². The number of hydrogen-bond acceptors (Lipinski definition) is 3. The molecule has 0 N–H and O–H groups in total. The molecule has 3 aliphatic rings. The Balaban J connectivity index is 1.45. The van der Waals surface area contributed by atoms with Crippen LogP contribution in [0.15, 0.2) is 60.7 Å². The van der Waals surface area contributed by atoms with Gasteiger partial charge in [0.15, 0.2) is 0 Å². The van der Waals surface area contributed by atoms with Crippen LogP contribution in [-0.2, 0) is 16.9 Å². The zero-order chi connectivity index (χ0) is 23.1. The molecule has 1 spiro atoms. The smallest absolute Gasteiger partial charge is 0.309 e. The van der Waals surface area contributed by atoms with E-state index in [-0.39, 0.29) is 17.5 Å². The van der Waals surface area contributed by atoms with Gasteiger partial charge in [-0.2, -0.15) is 0 Å². The van der Waals surface area contributed by atoms with Crippen LogP contribution in [0.2, 0.25) is 0 Å². The van der Waals surface area contributed by atoms with Crippen molar-refractivity contribution in [3.05, 3.63) is 71.8 Å². The second-order valence-electron chi connectivity index (χ2n) is 10.4. The predicted octanol–water partition coefficient (Wildman–Crippen LogP) is 5.02. The third-order valence-corrected chi connectivity index (χ3v) is 8.54. The fourth-order valence-electron chi connectivity index (χ4n) is 6.18. The molecule has 2 saturated carbocycles. The number of imide groups is 1. The van der Waals surface area contributed by atoms with Gasteiger partial charge in [0.25, 0.3) is 5.91 Å². The lowest BCUT2D eigenvalue weighted by Crippen LogP contribution is -2.58. The second-order valence-corrected chi connectivity index (χ2v) is 10.4. The van der Waals surface area contributed by atoms with Crippen molar-refractivity contribution >= 4 is 11.9 Å². The zero-order valence-corrected chi connectivity index (χ0v) is 19.9. The summed E-state index contributed by atoms with van der Waals surface area (Å²) in [5, 5.41) is 0. The lowest BCUT2D eigenvalue weighted by Gasteiger charge is -2.50. The molecule has 1 aliphatic heterocycles. The Kier molecular flexibility index (Phi) is 5.77. The van der Waals surface area contributed by atoms with Crippen molar-refractivity contribution in [1.82, 2.24) is 14.7 Å². The number of hydrogen-bond donors (Lipinski definition) is 0. The van der Waals surface area contributed by atoms with Crippen LogP contribution >= 0.6 is 0 Å². The fraction of sp³-hybridized carbons (Fsp3) is 0.500. The van der Waals surface area contributed by atoms with Gasteiger partial charge in [-0.25, -0.2) is 4.79 Å². The van der Waals surface area contributed by atoms with E-state index >= 15 is 0 Å². The van der Waals surface area contributed by atoms with Gasteiger partial charge in [-0.3, -0.25) is 14.6 Å². The van der Waals surface area contributed by atoms with E-state index in [0.29, 0.717) is 25.3 Å². The molecule has 33 heavy (non-hydrogen) atoms. The van der Waals surface area contributed by atoms with Crippen LogP contribution in [0.3, 0.4) is 0 Å². The maximum atomic E-state index is 14.0. The Morgan fingerprint density at radius 2 is 1.48 bits per heavy atom. The van der Waals surface area contributed by atoms with Gasteiger partial charge in [-0.05, 0) is 69.7 Å². The number of carbonyl (C=O) groups is 2. The summed E-state index contributed by atoms with van der Waals surface area (Å²) in [7, 11) is 4.28. The van der Waals surface area contributed by atoms with Crippen molar-refractivity contribution in [3.8, 4) is 0 Å². The third-order valence-electron chi connectivity index (χ3n) is 8.54.